The molecule has 0 N–H and O–H groups in total. The molecule has 1 aliphatic heterocycles. The van der Waals surface area contributed by atoms with E-state index in [2.05, 4.69) is 0 Å². The lowest BCUT2D eigenvalue weighted by Crippen LogP contribution is -2.24. The van der Waals surface area contributed by atoms with Crippen LogP contribution in [0.15, 0.2) is 12.2 Å². The zero-order valence-corrected chi connectivity index (χ0v) is 9.62. The van der Waals surface area contributed by atoms with Gasteiger partial charge in [0.25, 0.3) is 0 Å². The van der Waals surface area contributed by atoms with Crippen molar-refractivity contribution in [3.05, 3.63) is 12.2 Å². The molecule has 4 unspecified atom stereocenters. The fourth-order valence-corrected chi connectivity index (χ4v) is 4.82. The molecule has 4 atom stereocenters. The summed E-state index contributed by atoms with van der Waals surface area (Å²) in [4.78, 5) is 0. The van der Waals surface area contributed by atoms with Crippen molar-refractivity contribution in [3.8, 4) is 0 Å². The third-order valence-corrected chi connectivity index (χ3v) is 7.15. The van der Waals surface area contributed by atoms with Gasteiger partial charge in [-0.2, -0.15) is 0 Å². The van der Waals surface area contributed by atoms with Crippen LogP contribution in [0.5, 0.6) is 0 Å². The maximum atomic E-state index is 11.0. The second-order valence-corrected chi connectivity index (χ2v) is 9.14. The Morgan fingerprint density at radius 2 is 1.38 bits per heavy atom. The minimum atomic E-state index is -3.18. The SMILES string of the molecule is C[S+](=O)([O-])C1C=CC([S+](C)(=O)[O-])S1. The Hall–Kier alpha value is 0.310. The highest BCUT2D eigenvalue weighted by Gasteiger charge is 2.37. The van der Waals surface area contributed by atoms with Crippen molar-refractivity contribution < 1.29 is 17.5 Å². The van der Waals surface area contributed by atoms with Crippen LogP contribution in [0.25, 0.3) is 0 Å². The van der Waals surface area contributed by atoms with E-state index in [0.29, 0.717) is 0 Å². The molecule has 1 rings (SSSR count). The first-order valence-electron chi connectivity index (χ1n) is 3.43. The molecule has 0 aliphatic carbocycles. The summed E-state index contributed by atoms with van der Waals surface area (Å²) in [5.41, 5.74) is 0. The van der Waals surface area contributed by atoms with Crippen LogP contribution in [0.3, 0.4) is 0 Å². The molecule has 7 heteroatoms. The normalized spacial score (nSPS) is 36.9. The number of rotatable bonds is 2. The van der Waals surface area contributed by atoms with Gasteiger partial charge in [-0.3, -0.25) is 0 Å². The topological polar surface area (TPSA) is 80.3 Å². The second-order valence-electron chi connectivity index (χ2n) is 2.92. The highest BCUT2D eigenvalue weighted by molar-refractivity contribution is 8.23. The van der Waals surface area contributed by atoms with E-state index < -0.39 is 29.6 Å². The van der Waals surface area contributed by atoms with E-state index in [1.54, 1.807) is 0 Å². The van der Waals surface area contributed by atoms with Crippen molar-refractivity contribution in [1.82, 2.24) is 0 Å². The van der Waals surface area contributed by atoms with Gasteiger partial charge in [-0.15, -0.1) is 8.42 Å². The van der Waals surface area contributed by atoms with Crippen LogP contribution in [0.2, 0.25) is 0 Å². The summed E-state index contributed by atoms with van der Waals surface area (Å²) in [7, 11) is -6.37. The predicted molar refractivity (Wildman–Crippen MR) is 53.8 cm³/mol. The molecule has 0 spiro atoms. The molecule has 0 radical (unpaired) electrons. The molecule has 76 valence electrons. The Balaban J connectivity index is 2.74. The average Bonchev–Trinajstić information content (AvgIpc) is 2.28. The summed E-state index contributed by atoms with van der Waals surface area (Å²) in [6, 6.07) is 0. The van der Waals surface area contributed by atoms with Crippen LogP contribution in [0.1, 0.15) is 0 Å². The maximum Gasteiger partial charge on any atom is 0.187 e. The van der Waals surface area contributed by atoms with Crippen molar-refractivity contribution in [3.63, 3.8) is 0 Å². The molecule has 13 heavy (non-hydrogen) atoms. The van der Waals surface area contributed by atoms with Gasteiger partial charge in [0, 0.05) is 0 Å². The monoisotopic (exact) mass is 242 g/mol. The van der Waals surface area contributed by atoms with Gasteiger partial charge in [-0.1, -0.05) is 0 Å². The molecular formula is C6H10O4S3. The van der Waals surface area contributed by atoms with Crippen LogP contribution in [0.4, 0.5) is 0 Å². The largest absolute Gasteiger partial charge is 0.614 e. The van der Waals surface area contributed by atoms with Gasteiger partial charge in [0.2, 0.25) is 0 Å². The van der Waals surface area contributed by atoms with E-state index in [1.807, 2.05) is 0 Å². The Kier molecular flexibility index (Phi) is 3.04. The van der Waals surface area contributed by atoms with Gasteiger partial charge in [-0.05, 0) is 23.9 Å². The average molecular weight is 242 g/mol. The summed E-state index contributed by atoms with van der Waals surface area (Å²) >= 11 is 0.937. The van der Waals surface area contributed by atoms with Gasteiger partial charge >= 0.3 is 0 Å². The number of sulfone groups is 2. The van der Waals surface area contributed by atoms with Crippen molar-refractivity contribution in [2.75, 3.05) is 12.5 Å². The van der Waals surface area contributed by atoms with Crippen molar-refractivity contribution in [1.29, 1.82) is 0 Å². The number of hydrogen-bond acceptors (Lipinski definition) is 5. The zero-order valence-electron chi connectivity index (χ0n) is 7.17. The van der Waals surface area contributed by atoms with Crippen molar-refractivity contribution in [2.24, 2.45) is 0 Å². The number of thioether (sulfide) groups is 1. The highest BCUT2D eigenvalue weighted by atomic mass is 32.3. The Morgan fingerprint density at radius 3 is 1.54 bits per heavy atom. The Labute approximate surface area is 83.7 Å². The van der Waals surface area contributed by atoms with Gasteiger partial charge in [0.1, 0.15) is 12.5 Å². The lowest BCUT2D eigenvalue weighted by molar-refractivity contribution is 0.484. The molecular weight excluding hydrogens is 232 g/mol. The maximum absolute atomic E-state index is 11.0. The molecule has 0 bridgehead atoms. The smallest absolute Gasteiger partial charge is 0.187 e. The van der Waals surface area contributed by atoms with E-state index in [9.17, 15) is 17.5 Å². The molecule has 1 heterocycles. The first-order valence-corrected chi connectivity index (χ1v) is 8.28. The van der Waals surface area contributed by atoms with Crippen LogP contribution in [-0.2, 0) is 28.8 Å². The van der Waals surface area contributed by atoms with E-state index in [0.717, 1.165) is 24.3 Å². The van der Waals surface area contributed by atoms with Crippen LogP contribution in [0, 0.1) is 0 Å². The minimum Gasteiger partial charge on any atom is -0.614 e. The second kappa shape index (κ2) is 3.47. The molecule has 0 aromatic carbocycles. The highest BCUT2D eigenvalue weighted by Crippen LogP contribution is 2.36. The van der Waals surface area contributed by atoms with Gasteiger partial charge in [-0.25, -0.2) is 0 Å². The van der Waals surface area contributed by atoms with Gasteiger partial charge < -0.3 is 9.11 Å². The molecule has 0 saturated heterocycles. The fourth-order valence-electron chi connectivity index (χ4n) is 0.892. The van der Waals surface area contributed by atoms with Crippen LogP contribution in [-0.4, -0.2) is 30.8 Å². The van der Waals surface area contributed by atoms with Gasteiger partial charge in [0.05, 0.1) is 20.4 Å². The summed E-state index contributed by atoms with van der Waals surface area (Å²) in [5, 5.41) is 0. The van der Waals surface area contributed by atoms with E-state index in [4.69, 9.17) is 0 Å². The number of hydrogen-bond donors (Lipinski definition) is 0. The molecule has 0 aromatic rings. The third-order valence-electron chi connectivity index (χ3n) is 1.54. The summed E-state index contributed by atoms with van der Waals surface area (Å²) < 4.78 is 42.7. The Bertz CT molecular complexity index is 282. The molecule has 0 amide bonds. The van der Waals surface area contributed by atoms with Crippen molar-refractivity contribution >= 4 is 32.2 Å². The standard InChI is InChI=1S/C6H10O4S3/c1-12(7,8)5-3-4-6(11-5)13(2,9)10/h3-6H,1-2H3. The predicted octanol–water partition coefficient (Wildman–Crippen LogP) is 0.461. The quantitative estimate of drug-likeness (QED) is 0.519. The molecule has 1 aliphatic rings. The molecule has 0 fully saturated rings. The van der Waals surface area contributed by atoms with Crippen LogP contribution >= 0.6 is 11.8 Å². The lowest BCUT2D eigenvalue weighted by Gasteiger charge is -2.18. The molecule has 0 saturated carbocycles. The van der Waals surface area contributed by atoms with E-state index in [-0.39, 0.29) is 0 Å². The molecule has 4 nitrogen and oxygen atoms in total. The zero-order chi connectivity index (χ0) is 10.3. The minimum absolute atomic E-state index is 0.716. The fraction of sp³-hybridized carbons (Fsp3) is 0.667. The lowest BCUT2D eigenvalue weighted by atomic mass is 10.6. The van der Waals surface area contributed by atoms with Gasteiger partial charge in [0.15, 0.2) is 9.16 Å². The van der Waals surface area contributed by atoms with Crippen molar-refractivity contribution in [2.45, 2.75) is 9.16 Å². The van der Waals surface area contributed by atoms with E-state index >= 15 is 0 Å². The third kappa shape index (κ3) is 2.88. The first-order chi connectivity index (χ1) is 5.71. The first kappa shape index (κ1) is 11.4. The summed E-state index contributed by atoms with van der Waals surface area (Å²) in [6.07, 6.45) is 5.04. The molecule has 0 aromatic heterocycles. The van der Waals surface area contributed by atoms with Crippen LogP contribution < -0.4 is 0 Å². The summed E-state index contributed by atoms with van der Waals surface area (Å²) in [5.74, 6) is 0. The summed E-state index contributed by atoms with van der Waals surface area (Å²) in [6.45, 7) is 0. The Morgan fingerprint density at radius 1 is 1.08 bits per heavy atom. The van der Waals surface area contributed by atoms with E-state index in [1.165, 1.54) is 12.2 Å².